The van der Waals surface area contributed by atoms with E-state index in [-0.39, 0.29) is 28.9 Å². The van der Waals surface area contributed by atoms with Gasteiger partial charge in [0.05, 0.1) is 4.90 Å². The number of carbonyl (C=O) groups is 1. The van der Waals surface area contributed by atoms with Gasteiger partial charge in [0.15, 0.2) is 8.32 Å². The predicted molar refractivity (Wildman–Crippen MR) is 148 cm³/mol. The molecule has 206 valence electrons. The van der Waals surface area contributed by atoms with Crippen LogP contribution in [0.3, 0.4) is 0 Å². The Morgan fingerprint density at radius 1 is 1.06 bits per heavy atom. The van der Waals surface area contributed by atoms with Gasteiger partial charge in [0.1, 0.15) is 5.60 Å². The molecule has 1 aromatic carbocycles. The molecule has 0 N–H and O–H groups in total. The molecule has 0 bridgehead atoms. The van der Waals surface area contributed by atoms with Gasteiger partial charge in [-0.15, -0.1) is 0 Å². The summed E-state index contributed by atoms with van der Waals surface area (Å²) >= 11 is 0. The number of rotatable bonds is 9. The van der Waals surface area contributed by atoms with Gasteiger partial charge < -0.3 is 14.1 Å². The summed E-state index contributed by atoms with van der Waals surface area (Å²) in [5.74, 6) is 0.126. The minimum Gasteiger partial charge on any atom is -0.444 e. The normalized spacial score (nSPS) is 19.8. The molecule has 0 saturated carbocycles. The van der Waals surface area contributed by atoms with E-state index in [0.29, 0.717) is 37.7 Å². The van der Waals surface area contributed by atoms with Crippen LogP contribution in [0.5, 0.6) is 0 Å². The quantitative estimate of drug-likeness (QED) is 0.368. The van der Waals surface area contributed by atoms with E-state index in [4.69, 9.17) is 9.16 Å². The molecule has 0 aliphatic carbocycles. The van der Waals surface area contributed by atoms with Gasteiger partial charge in [-0.1, -0.05) is 52.8 Å². The Balaban J connectivity index is 2.33. The van der Waals surface area contributed by atoms with Gasteiger partial charge in [-0.2, -0.15) is 4.31 Å². The highest BCUT2D eigenvalue weighted by Crippen LogP contribution is 2.38. The molecule has 2 atom stereocenters. The van der Waals surface area contributed by atoms with E-state index in [2.05, 4.69) is 33.9 Å². The van der Waals surface area contributed by atoms with Crippen molar-refractivity contribution < 1.29 is 22.4 Å². The Hall–Kier alpha value is -1.42. The number of hydrogen-bond acceptors (Lipinski definition) is 5. The van der Waals surface area contributed by atoms with Crippen LogP contribution in [0.4, 0.5) is 4.79 Å². The first-order valence-corrected chi connectivity index (χ1v) is 17.4. The Morgan fingerprint density at radius 3 is 2.11 bits per heavy atom. The fraction of sp³-hybridized carbons (Fsp3) is 0.741. The van der Waals surface area contributed by atoms with Crippen molar-refractivity contribution in [3.05, 3.63) is 30.3 Å². The summed E-state index contributed by atoms with van der Waals surface area (Å²) in [6.45, 7) is 22.8. The minimum atomic E-state index is -3.67. The van der Waals surface area contributed by atoms with Crippen molar-refractivity contribution in [3.8, 4) is 0 Å². The minimum absolute atomic E-state index is 0.0206. The topological polar surface area (TPSA) is 76.2 Å². The highest BCUT2D eigenvalue weighted by atomic mass is 32.2. The number of ether oxygens (including phenoxy) is 1. The van der Waals surface area contributed by atoms with E-state index in [1.54, 1.807) is 33.5 Å². The molecule has 1 amide bonds. The van der Waals surface area contributed by atoms with E-state index in [1.807, 2.05) is 40.7 Å². The van der Waals surface area contributed by atoms with Crippen LogP contribution in [0.25, 0.3) is 0 Å². The number of nitrogens with zero attached hydrogens (tertiary/aromatic N) is 2. The molecule has 1 fully saturated rings. The molecule has 0 spiro atoms. The Labute approximate surface area is 220 Å². The average Bonchev–Trinajstić information content (AvgIpc) is 3.13. The molecule has 1 aliphatic rings. The van der Waals surface area contributed by atoms with E-state index >= 15 is 0 Å². The Bertz CT molecular complexity index is 968. The zero-order valence-corrected chi connectivity index (χ0v) is 25.8. The third-order valence-corrected chi connectivity index (χ3v) is 13.4. The number of carbonyl (C=O) groups excluding carboxylic acids is 1. The van der Waals surface area contributed by atoms with Gasteiger partial charge in [0.2, 0.25) is 10.0 Å². The lowest BCUT2D eigenvalue weighted by Gasteiger charge is -2.37. The van der Waals surface area contributed by atoms with Crippen molar-refractivity contribution >= 4 is 24.4 Å². The van der Waals surface area contributed by atoms with Crippen LogP contribution in [-0.2, 0) is 19.2 Å². The van der Waals surface area contributed by atoms with Crippen LogP contribution < -0.4 is 0 Å². The molecule has 1 heterocycles. The summed E-state index contributed by atoms with van der Waals surface area (Å²) in [5, 5.41) is 0.0618. The summed E-state index contributed by atoms with van der Waals surface area (Å²) in [4.78, 5) is 14.9. The zero-order valence-electron chi connectivity index (χ0n) is 24.0. The summed E-state index contributed by atoms with van der Waals surface area (Å²) in [7, 11) is -5.69. The number of amides is 1. The molecule has 9 heteroatoms. The smallest absolute Gasteiger partial charge is 0.410 e. The van der Waals surface area contributed by atoms with Crippen LogP contribution in [0, 0.1) is 17.8 Å². The fourth-order valence-corrected chi connectivity index (χ4v) is 6.77. The van der Waals surface area contributed by atoms with E-state index in [0.717, 1.165) is 0 Å². The number of likely N-dealkylation sites (tertiary alicyclic amines) is 1. The maximum Gasteiger partial charge on any atom is 0.410 e. The Morgan fingerprint density at radius 2 is 1.61 bits per heavy atom. The molecule has 1 aliphatic heterocycles. The number of sulfonamides is 1. The van der Waals surface area contributed by atoms with Gasteiger partial charge in [-0.25, -0.2) is 13.2 Å². The lowest BCUT2D eigenvalue weighted by atomic mass is 9.97. The van der Waals surface area contributed by atoms with Crippen molar-refractivity contribution in [3.63, 3.8) is 0 Å². The molecule has 0 aromatic heterocycles. The van der Waals surface area contributed by atoms with E-state index in [1.165, 1.54) is 0 Å². The van der Waals surface area contributed by atoms with Crippen LogP contribution in [0.2, 0.25) is 18.1 Å². The van der Waals surface area contributed by atoms with Crippen molar-refractivity contribution in [2.75, 3.05) is 32.8 Å². The van der Waals surface area contributed by atoms with Crippen LogP contribution in [0.1, 0.15) is 55.4 Å². The van der Waals surface area contributed by atoms with Crippen LogP contribution in [0.15, 0.2) is 35.2 Å². The maximum absolute atomic E-state index is 13.6. The third kappa shape index (κ3) is 8.30. The lowest BCUT2D eigenvalue weighted by Crippen LogP contribution is -2.44. The molecule has 2 rings (SSSR count). The second kappa shape index (κ2) is 11.5. The van der Waals surface area contributed by atoms with Gasteiger partial charge in [0.25, 0.3) is 0 Å². The van der Waals surface area contributed by atoms with Gasteiger partial charge in [-0.3, -0.25) is 0 Å². The zero-order chi connectivity index (χ0) is 27.5. The maximum atomic E-state index is 13.6. The summed E-state index contributed by atoms with van der Waals surface area (Å²) in [5.41, 5.74) is -0.595. The largest absolute Gasteiger partial charge is 0.444 e. The first-order valence-electron chi connectivity index (χ1n) is 13.0. The Kier molecular flexibility index (Phi) is 9.87. The second-order valence-corrected chi connectivity index (χ2v) is 19.8. The van der Waals surface area contributed by atoms with E-state index in [9.17, 15) is 13.2 Å². The SMILES string of the molecule is CC(C)CN(C[C@@H]1CN(C(=O)OC(C)(C)C)C[C@H]1CO[Si](C)(C)C(C)(C)C)S(=O)(=O)c1ccccc1. The first-order chi connectivity index (χ1) is 16.3. The highest BCUT2D eigenvalue weighted by Gasteiger charge is 2.43. The standard InChI is InChI=1S/C27H48N2O5SSi/c1-21(2)16-29(35(31,32)24-14-12-11-13-15-24)19-22-17-28(25(30)34-26(3,4)5)18-23(22)20-33-36(9,10)27(6,7)8/h11-15,21-23H,16-20H2,1-10H3/t22-,23-/m0/s1. The first kappa shape index (κ1) is 30.8. The van der Waals surface area contributed by atoms with E-state index < -0.39 is 23.9 Å². The van der Waals surface area contributed by atoms with Crippen molar-refractivity contribution in [2.24, 2.45) is 17.8 Å². The lowest BCUT2D eigenvalue weighted by molar-refractivity contribution is 0.0280. The third-order valence-electron chi connectivity index (χ3n) is 7.08. The monoisotopic (exact) mass is 540 g/mol. The van der Waals surface area contributed by atoms with Crippen LogP contribution >= 0.6 is 0 Å². The molecule has 1 saturated heterocycles. The summed E-state index contributed by atoms with van der Waals surface area (Å²) in [6, 6.07) is 8.59. The molecule has 36 heavy (non-hydrogen) atoms. The molecular formula is C27H48N2O5SSi. The number of benzene rings is 1. The second-order valence-electron chi connectivity index (χ2n) is 13.0. The molecule has 0 radical (unpaired) electrons. The van der Waals surface area contributed by atoms with Gasteiger partial charge in [-0.05, 0) is 62.9 Å². The predicted octanol–water partition coefficient (Wildman–Crippen LogP) is 5.84. The number of hydrogen-bond donors (Lipinski definition) is 0. The fourth-order valence-electron chi connectivity index (χ4n) is 4.02. The van der Waals surface area contributed by atoms with Crippen molar-refractivity contribution in [1.82, 2.24) is 9.21 Å². The van der Waals surface area contributed by atoms with Crippen molar-refractivity contribution in [1.29, 1.82) is 0 Å². The summed E-state index contributed by atoms with van der Waals surface area (Å²) < 4.78 is 41.0. The van der Waals surface area contributed by atoms with Gasteiger partial charge in [0, 0.05) is 38.7 Å². The molecule has 1 aromatic rings. The molecule has 7 nitrogen and oxygen atoms in total. The molecular weight excluding hydrogens is 492 g/mol. The highest BCUT2D eigenvalue weighted by molar-refractivity contribution is 7.89. The van der Waals surface area contributed by atoms with Crippen LogP contribution in [-0.4, -0.2) is 70.4 Å². The molecule has 0 unspecified atom stereocenters. The average molecular weight is 541 g/mol. The summed E-state index contributed by atoms with van der Waals surface area (Å²) in [6.07, 6.45) is -0.358. The van der Waals surface area contributed by atoms with Gasteiger partial charge >= 0.3 is 6.09 Å². The van der Waals surface area contributed by atoms with Crippen molar-refractivity contribution in [2.45, 2.75) is 84.0 Å².